The van der Waals surface area contributed by atoms with Gasteiger partial charge in [0, 0.05) is 32.4 Å². The number of rotatable bonds is 3. The highest BCUT2D eigenvalue weighted by Crippen LogP contribution is 2.42. The molecule has 5 rings (SSSR count). The van der Waals surface area contributed by atoms with E-state index in [4.69, 9.17) is 4.52 Å². The lowest BCUT2D eigenvalue weighted by Gasteiger charge is -2.27. The van der Waals surface area contributed by atoms with Crippen molar-refractivity contribution >= 4 is 22.9 Å². The molecule has 3 aromatic heterocycles. The minimum absolute atomic E-state index is 0.509. The van der Waals surface area contributed by atoms with Gasteiger partial charge in [0.25, 0.3) is 0 Å². The zero-order chi connectivity index (χ0) is 17.0. The molecule has 0 radical (unpaired) electrons. The Bertz CT molecular complexity index is 889. The van der Waals surface area contributed by atoms with E-state index in [1.807, 2.05) is 13.1 Å². The van der Waals surface area contributed by atoms with Crippen molar-refractivity contribution in [3.05, 3.63) is 24.4 Å². The monoisotopic (exact) mass is 339 g/mol. The van der Waals surface area contributed by atoms with E-state index in [0.29, 0.717) is 29.7 Å². The van der Waals surface area contributed by atoms with Gasteiger partial charge in [0.05, 0.1) is 5.39 Å². The predicted octanol–water partition coefficient (Wildman–Crippen LogP) is 2.00. The molecule has 1 N–H and O–H groups in total. The molecule has 2 unspecified atom stereocenters. The van der Waals surface area contributed by atoms with Crippen LogP contribution in [0.4, 0.5) is 11.8 Å². The van der Waals surface area contributed by atoms with Gasteiger partial charge < -0.3 is 19.3 Å². The summed E-state index contributed by atoms with van der Waals surface area (Å²) in [4.78, 5) is 20.9. The van der Waals surface area contributed by atoms with Crippen molar-refractivity contribution < 1.29 is 4.52 Å². The van der Waals surface area contributed by atoms with Gasteiger partial charge in [-0.3, -0.25) is 0 Å². The fraction of sp³-hybridized carbons (Fsp3) is 0.529. The lowest BCUT2D eigenvalue weighted by Crippen LogP contribution is -2.32. The number of hydrogen-bond donors (Lipinski definition) is 1. The molecule has 4 heterocycles. The number of aromatic amines is 1. The molecule has 1 saturated carbocycles. The Morgan fingerprint density at radius 3 is 2.76 bits per heavy atom. The van der Waals surface area contributed by atoms with E-state index in [1.165, 1.54) is 12.8 Å². The second kappa shape index (κ2) is 5.44. The van der Waals surface area contributed by atoms with E-state index < -0.39 is 0 Å². The van der Waals surface area contributed by atoms with Crippen LogP contribution in [0.1, 0.15) is 18.7 Å². The summed E-state index contributed by atoms with van der Waals surface area (Å²) >= 11 is 0. The van der Waals surface area contributed by atoms with Crippen molar-refractivity contribution in [2.45, 2.75) is 25.8 Å². The molecule has 8 heteroatoms. The van der Waals surface area contributed by atoms with Crippen LogP contribution in [-0.2, 0) is 0 Å². The van der Waals surface area contributed by atoms with Gasteiger partial charge >= 0.3 is 6.01 Å². The summed E-state index contributed by atoms with van der Waals surface area (Å²) in [6, 6.07) is 3.23. The summed E-state index contributed by atoms with van der Waals surface area (Å²) < 4.78 is 5.33. The second-order valence-electron chi connectivity index (χ2n) is 7.22. The molecule has 8 nitrogen and oxygen atoms in total. The van der Waals surface area contributed by atoms with Crippen molar-refractivity contribution in [2.24, 2.45) is 11.8 Å². The topological polar surface area (TPSA) is 87.0 Å². The third kappa shape index (κ3) is 2.35. The maximum Gasteiger partial charge on any atom is 0.324 e. The van der Waals surface area contributed by atoms with E-state index in [0.717, 1.165) is 29.9 Å². The number of H-pyrrole nitrogens is 1. The van der Waals surface area contributed by atoms with Gasteiger partial charge in [-0.25, -0.2) is 9.97 Å². The molecule has 3 aromatic rings. The van der Waals surface area contributed by atoms with Gasteiger partial charge in [0.2, 0.25) is 0 Å². The summed E-state index contributed by atoms with van der Waals surface area (Å²) in [6.45, 7) is 3.86. The second-order valence-corrected chi connectivity index (χ2v) is 7.22. The van der Waals surface area contributed by atoms with Crippen LogP contribution in [0, 0.1) is 18.8 Å². The van der Waals surface area contributed by atoms with Gasteiger partial charge in [-0.2, -0.15) is 4.98 Å². The van der Waals surface area contributed by atoms with Crippen LogP contribution >= 0.6 is 0 Å². The zero-order valence-corrected chi connectivity index (χ0v) is 14.4. The van der Waals surface area contributed by atoms with Crippen LogP contribution in [0.3, 0.4) is 0 Å². The van der Waals surface area contributed by atoms with Crippen molar-refractivity contribution in [1.29, 1.82) is 0 Å². The number of hydrogen-bond acceptors (Lipinski definition) is 7. The van der Waals surface area contributed by atoms with Crippen LogP contribution in [0.5, 0.6) is 0 Å². The molecule has 2 aliphatic rings. The molecule has 0 spiro atoms. The molecular weight excluding hydrogens is 318 g/mol. The lowest BCUT2D eigenvalue weighted by atomic mass is 10.0. The number of aryl methyl sites for hydroxylation is 1. The Kier molecular flexibility index (Phi) is 3.19. The average molecular weight is 339 g/mol. The highest BCUT2D eigenvalue weighted by atomic mass is 16.5. The van der Waals surface area contributed by atoms with E-state index in [-0.39, 0.29) is 0 Å². The minimum atomic E-state index is 0.509. The quantitative estimate of drug-likeness (QED) is 0.781. The van der Waals surface area contributed by atoms with Crippen molar-refractivity contribution in [2.75, 3.05) is 29.9 Å². The third-order valence-electron chi connectivity index (χ3n) is 5.73. The van der Waals surface area contributed by atoms with E-state index >= 15 is 0 Å². The van der Waals surface area contributed by atoms with E-state index in [1.54, 1.807) is 6.33 Å². The summed E-state index contributed by atoms with van der Waals surface area (Å²) in [7, 11) is 2.15. The van der Waals surface area contributed by atoms with Gasteiger partial charge in [-0.1, -0.05) is 5.16 Å². The first-order chi connectivity index (χ1) is 12.2. The smallest absolute Gasteiger partial charge is 0.324 e. The number of fused-ring (bicyclic) bond motifs is 2. The highest BCUT2D eigenvalue weighted by molar-refractivity contribution is 5.87. The van der Waals surface area contributed by atoms with Crippen molar-refractivity contribution in [3.63, 3.8) is 0 Å². The lowest BCUT2D eigenvalue weighted by molar-refractivity contribution is 0.410. The summed E-state index contributed by atoms with van der Waals surface area (Å²) in [5.41, 5.74) is 0.896. The molecule has 0 bridgehead atoms. The molecule has 130 valence electrons. The molecule has 1 saturated heterocycles. The van der Waals surface area contributed by atoms with Gasteiger partial charge in [0.1, 0.15) is 17.8 Å². The van der Waals surface area contributed by atoms with Crippen LogP contribution in [0.15, 0.2) is 23.1 Å². The van der Waals surface area contributed by atoms with Crippen LogP contribution in [0.25, 0.3) is 11.0 Å². The molecule has 2 fully saturated rings. The minimum Gasteiger partial charge on any atom is -0.356 e. The van der Waals surface area contributed by atoms with Crippen molar-refractivity contribution in [1.82, 2.24) is 25.1 Å². The molecule has 0 aromatic carbocycles. The van der Waals surface area contributed by atoms with Crippen LogP contribution in [-0.4, -0.2) is 51.3 Å². The van der Waals surface area contributed by atoms with E-state index in [2.05, 4.69) is 48.0 Å². The Balaban J connectivity index is 1.32. The fourth-order valence-corrected chi connectivity index (χ4v) is 4.47. The maximum absolute atomic E-state index is 5.33. The fourth-order valence-electron chi connectivity index (χ4n) is 4.47. The van der Waals surface area contributed by atoms with Gasteiger partial charge in [-0.05, 0) is 37.7 Å². The third-order valence-corrected chi connectivity index (χ3v) is 5.73. The van der Waals surface area contributed by atoms with E-state index in [9.17, 15) is 0 Å². The SMILES string of the molecule is Cc1noc(N2CC3CC(N(C)c4ncnc5[nH]ccc45)CC3C2)n1. The number of aromatic nitrogens is 5. The molecule has 1 aliphatic heterocycles. The number of nitrogens with zero attached hydrogens (tertiary/aromatic N) is 6. The number of nitrogens with one attached hydrogen (secondary N) is 1. The number of anilines is 2. The predicted molar refractivity (Wildman–Crippen MR) is 93.5 cm³/mol. The highest BCUT2D eigenvalue weighted by Gasteiger charge is 2.43. The molecule has 0 amide bonds. The Morgan fingerprint density at radius 2 is 2.04 bits per heavy atom. The molecule has 1 aliphatic carbocycles. The van der Waals surface area contributed by atoms with Gasteiger partial charge in [-0.15, -0.1) is 0 Å². The standard InChI is InChI=1S/C17H21N7O/c1-10-21-17(25-22-10)24-7-11-5-13(6-12(11)8-24)23(2)16-14-3-4-18-15(14)19-9-20-16/h3-4,9,11-13H,5-8H2,1-2H3,(H,18,19,20). The Morgan fingerprint density at radius 1 is 1.24 bits per heavy atom. The zero-order valence-electron chi connectivity index (χ0n) is 14.4. The first-order valence-corrected chi connectivity index (χ1v) is 8.75. The maximum atomic E-state index is 5.33. The summed E-state index contributed by atoms with van der Waals surface area (Å²) in [5, 5.41) is 5.00. The van der Waals surface area contributed by atoms with Crippen LogP contribution < -0.4 is 9.80 Å². The molecule has 25 heavy (non-hydrogen) atoms. The first-order valence-electron chi connectivity index (χ1n) is 8.75. The largest absolute Gasteiger partial charge is 0.356 e. The van der Waals surface area contributed by atoms with Gasteiger partial charge in [0.15, 0.2) is 5.82 Å². The first kappa shape index (κ1) is 14.7. The average Bonchev–Trinajstić information content (AvgIpc) is 3.35. The summed E-state index contributed by atoms with van der Waals surface area (Å²) in [5.74, 6) is 3.05. The Hall–Kier alpha value is -2.64. The Labute approximate surface area is 145 Å². The van der Waals surface area contributed by atoms with Crippen LogP contribution in [0.2, 0.25) is 0 Å². The molecule has 2 atom stereocenters. The normalized spacial score (nSPS) is 25.7. The summed E-state index contributed by atoms with van der Waals surface area (Å²) in [6.07, 6.45) is 5.89. The molecular formula is C17H21N7O. The van der Waals surface area contributed by atoms with Crippen molar-refractivity contribution in [3.8, 4) is 0 Å².